The Morgan fingerprint density at radius 1 is 1.58 bits per heavy atom. The molecule has 1 aliphatic carbocycles. The number of aryl methyl sites for hydroxylation is 1. The van der Waals surface area contributed by atoms with E-state index in [0.29, 0.717) is 29.1 Å². The first-order valence-electron chi connectivity index (χ1n) is 5.86. The van der Waals surface area contributed by atoms with Gasteiger partial charge in [-0.05, 0) is 18.2 Å². The molecule has 7 nitrogen and oxygen atoms in total. The van der Waals surface area contributed by atoms with E-state index in [1.807, 2.05) is 0 Å². The third kappa shape index (κ3) is 2.14. The maximum Gasteiger partial charge on any atom is 0.234 e. The Balaban J connectivity index is 1.75. The molecular weight excluding hydrogens is 250 g/mol. The van der Waals surface area contributed by atoms with Gasteiger partial charge in [-0.25, -0.2) is 4.98 Å². The third-order valence-corrected chi connectivity index (χ3v) is 3.13. The van der Waals surface area contributed by atoms with E-state index in [4.69, 9.17) is 4.42 Å². The number of carbonyl (C=O) groups is 1. The third-order valence-electron chi connectivity index (χ3n) is 3.13. The first kappa shape index (κ1) is 11.6. The van der Waals surface area contributed by atoms with Crippen molar-refractivity contribution in [1.29, 1.82) is 0 Å². The van der Waals surface area contributed by atoms with Gasteiger partial charge in [-0.15, -0.1) is 0 Å². The Hall–Kier alpha value is -2.44. The average molecular weight is 261 g/mol. The van der Waals surface area contributed by atoms with Crippen LogP contribution in [0.5, 0.6) is 0 Å². The van der Waals surface area contributed by atoms with E-state index in [2.05, 4.69) is 10.3 Å². The van der Waals surface area contributed by atoms with Gasteiger partial charge in [0.25, 0.3) is 0 Å². The van der Waals surface area contributed by atoms with Crippen molar-refractivity contribution in [2.24, 2.45) is 5.92 Å². The monoisotopic (exact) mass is 261 g/mol. The highest BCUT2D eigenvalue weighted by atomic mass is 16.6. The zero-order valence-electron chi connectivity index (χ0n) is 10.1. The lowest BCUT2D eigenvalue weighted by atomic mass is 10.2. The number of rotatable bonds is 3. The second kappa shape index (κ2) is 4.04. The van der Waals surface area contributed by atoms with Crippen LogP contribution >= 0.6 is 0 Å². The van der Waals surface area contributed by atoms with Gasteiger partial charge in [-0.3, -0.25) is 14.9 Å². The van der Waals surface area contributed by atoms with Crippen LogP contribution in [0.2, 0.25) is 0 Å². The van der Waals surface area contributed by atoms with E-state index in [0.717, 1.165) is 0 Å². The smallest absolute Gasteiger partial charge is 0.234 e. The summed E-state index contributed by atoms with van der Waals surface area (Å²) in [6, 6.07) is 4.35. The average Bonchev–Trinajstić information content (AvgIpc) is 3.06. The van der Waals surface area contributed by atoms with Crippen molar-refractivity contribution in [3.05, 3.63) is 34.2 Å². The van der Waals surface area contributed by atoms with E-state index in [1.54, 1.807) is 25.1 Å². The highest BCUT2D eigenvalue weighted by molar-refractivity contribution is 5.96. The van der Waals surface area contributed by atoms with Crippen molar-refractivity contribution in [3.8, 4) is 0 Å². The van der Waals surface area contributed by atoms with Gasteiger partial charge in [0, 0.05) is 24.0 Å². The molecule has 0 radical (unpaired) electrons. The molecule has 1 fully saturated rings. The van der Waals surface area contributed by atoms with Crippen LogP contribution in [0.1, 0.15) is 12.3 Å². The van der Waals surface area contributed by atoms with Crippen LogP contribution in [0.4, 0.5) is 5.69 Å². The summed E-state index contributed by atoms with van der Waals surface area (Å²) in [6.07, 6.45) is 0.310. The lowest BCUT2D eigenvalue weighted by molar-refractivity contribution is -0.497. The number of amides is 1. The van der Waals surface area contributed by atoms with Gasteiger partial charge >= 0.3 is 0 Å². The van der Waals surface area contributed by atoms with Crippen molar-refractivity contribution < 1.29 is 14.1 Å². The number of oxazole rings is 1. The molecular formula is C12H11N3O4. The fourth-order valence-corrected chi connectivity index (χ4v) is 2.05. The molecule has 1 aromatic heterocycles. The molecule has 1 aliphatic rings. The Bertz CT molecular complexity index is 679. The lowest BCUT2D eigenvalue weighted by Crippen LogP contribution is -2.18. The molecule has 0 aliphatic heterocycles. The van der Waals surface area contributed by atoms with E-state index < -0.39 is 16.9 Å². The minimum Gasteiger partial charge on any atom is -0.441 e. The van der Waals surface area contributed by atoms with Crippen LogP contribution in [0, 0.1) is 23.0 Å². The van der Waals surface area contributed by atoms with Crippen LogP contribution in [-0.4, -0.2) is 21.9 Å². The summed E-state index contributed by atoms with van der Waals surface area (Å²) < 4.78 is 5.32. The second-order valence-corrected chi connectivity index (χ2v) is 4.60. The molecule has 0 unspecified atom stereocenters. The molecule has 1 heterocycles. The number of nitrogens with one attached hydrogen (secondary N) is 1. The minimum atomic E-state index is -0.738. The quantitative estimate of drug-likeness (QED) is 0.670. The Morgan fingerprint density at radius 2 is 2.37 bits per heavy atom. The summed E-state index contributed by atoms with van der Waals surface area (Å²) in [5, 5.41) is 13.2. The second-order valence-electron chi connectivity index (χ2n) is 4.60. The Morgan fingerprint density at radius 3 is 3.05 bits per heavy atom. The maximum atomic E-state index is 11.8. The molecule has 2 atom stereocenters. The molecule has 0 saturated heterocycles. The fraction of sp³-hybridized carbons (Fsp3) is 0.333. The van der Waals surface area contributed by atoms with Gasteiger partial charge in [-0.2, -0.15) is 0 Å². The van der Waals surface area contributed by atoms with E-state index in [-0.39, 0.29) is 5.91 Å². The maximum absolute atomic E-state index is 11.8. The SMILES string of the molecule is Cc1nc2cc(NC(=O)[C@H]3C[C@H]3[N+](=O)[O-])ccc2o1. The van der Waals surface area contributed by atoms with E-state index >= 15 is 0 Å². The number of hydrogen-bond donors (Lipinski definition) is 1. The summed E-state index contributed by atoms with van der Waals surface area (Å²) in [7, 11) is 0. The van der Waals surface area contributed by atoms with Gasteiger partial charge in [0.05, 0.1) is 0 Å². The van der Waals surface area contributed by atoms with E-state index in [9.17, 15) is 14.9 Å². The van der Waals surface area contributed by atoms with Gasteiger partial charge in [-0.1, -0.05) is 0 Å². The molecule has 19 heavy (non-hydrogen) atoms. The number of fused-ring (bicyclic) bond motifs is 1. The molecule has 1 N–H and O–H groups in total. The topological polar surface area (TPSA) is 98.3 Å². The molecule has 1 amide bonds. The van der Waals surface area contributed by atoms with Crippen LogP contribution in [0.25, 0.3) is 11.1 Å². The lowest BCUT2D eigenvalue weighted by Gasteiger charge is -2.02. The van der Waals surface area contributed by atoms with Crippen LogP contribution in [0.3, 0.4) is 0 Å². The summed E-state index contributed by atoms with van der Waals surface area (Å²) >= 11 is 0. The predicted molar refractivity (Wildman–Crippen MR) is 66.3 cm³/mol. The predicted octanol–water partition coefficient (Wildman–Crippen LogP) is 1.74. The van der Waals surface area contributed by atoms with Gasteiger partial charge in [0.1, 0.15) is 11.4 Å². The van der Waals surface area contributed by atoms with Crippen molar-refractivity contribution in [1.82, 2.24) is 4.98 Å². The first-order valence-corrected chi connectivity index (χ1v) is 5.86. The zero-order chi connectivity index (χ0) is 13.6. The standard InChI is InChI=1S/C12H11N3O4/c1-6-13-9-4-7(2-3-11(9)19-6)14-12(16)8-5-10(8)15(17)18/h2-4,8,10H,5H2,1H3,(H,14,16)/t8-,10+/m0/s1. The molecule has 1 saturated carbocycles. The normalized spacial score (nSPS) is 21.3. The molecule has 7 heteroatoms. The molecule has 98 valence electrons. The van der Waals surface area contributed by atoms with Crippen molar-refractivity contribution in [2.45, 2.75) is 19.4 Å². The number of benzene rings is 1. The van der Waals surface area contributed by atoms with Gasteiger partial charge in [0.2, 0.25) is 11.9 Å². The van der Waals surface area contributed by atoms with Gasteiger partial charge < -0.3 is 9.73 Å². The number of nitrogens with zero attached hydrogens (tertiary/aromatic N) is 2. The van der Waals surface area contributed by atoms with Crippen LogP contribution in [0.15, 0.2) is 22.6 Å². The molecule has 3 rings (SSSR count). The zero-order valence-corrected chi connectivity index (χ0v) is 10.1. The van der Waals surface area contributed by atoms with Crippen LogP contribution < -0.4 is 5.32 Å². The number of aromatic nitrogens is 1. The molecule has 2 aromatic rings. The fourth-order valence-electron chi connectivity index (χ4n) is 2.05. The summed E-state index contributed by atoms with van der Waals surface area (Å²) in [6.45, 7) is 1.74. The molecule has 0 bridgehead atoms. The first-order chi connectivity index (χ1) is 9.04. The summed E-state index contributed by atoms with van der Waals surface area (Å²) in [5.41, 5.74) is 1.86. The Labute approximate surface area is 107 Å². The van der Waals surface area contributed by atoms with Crippen LogP contribution in [-0.2, 0) is 4.79 Å². The van der Waals surface area contributed by atoms with Gasteiger partial charge in [0.15, 0.2) is 11.5 Å². The van der Waals surface area contributed by atoms with Crippen molar-refractivity contribution >= 4 is 22.7 Å². The largest absolute Gasteiger partial charge is 0.441 e. The van der Waals surface area contributed by atoms with Crippen molar-refractivity contribution in [3.63, 3.8) is 0 Å². The highest BCUT2D eigenvalue weighted by Gasteiger charge is 2.53. The highest BCUT2D eigenvalue weighted by Crippen LogP contribution is 2.34. The Kier molecular flexibility index (Phi) is 2.48. The van der Waals surface area contributed by atoms with Crippen molar-refractivity contribution in [2.75, 3.05) is 5.32 Å². The number of nitro groups is 1. The molecule has 0 spiro atoms. The van der Waals surface area contributed by atoms with E-state index in [1.165, 1.54) is 0 Å². The summed E-state index contributed by atoms with van der Waals surface area (Å²) in [4.78, 5) is 26.0. The molecule has 1 aromatic carbocycles. The number of anilines is 1. The number of hydrogen-bond acceptors (Lipinski definition) is 5. The summed E-state index contributed by atoms with van der Waals surface area (Å²) in [5.74, 6) is -0.292. The number of carbonyl (C=O) groups excluding carboxylic acids is 1. The minimum absolute atomic E-state index is 0.310.